The Bertz CT molecular complexity index is 519. The highest BCUT2D eigenvalue weighted by Crippen LogP contribution is 2.25. The van der Waals surface area contributed by atoms with E-state index in [1.54, 1.807) is 6.07 Å². The van der Waals surface area contributed by atoms with Gasteiger partial charge in [-0.25, -0.2) is 4.68 Å². The molecule has 0 atom stereocenters. The van der Waals surface area contributed by atoms with Gasteiger partial charge in [0, 0.05) is 11.5 Å². The second-order valence-corrected chi connectivity index (χ2v) is 3.72. The molecule has 0 unspecified atom stereocenters. The summed E-state index contributed by atoms with van der Waals surface area (Å²) in [7, 11) is 0. The van der Waals surface area contributed by atoms with Crippen molar-refractivity contribution in [1.29, 1.82) is 0 Å². The molecule has 1 aromatic heterocycles. The highest BCUT2D eigenvalue weighted by molar-refractivity contribution is 5.82. The van der Waals surface area contributed by atoms with E-state index in [1.807, 2.05) is 28.9 Å². The zero-order chi connectivity index (χ0) is 10.3. The van der Waals surface area contributed by atoms with E-state index in [2.05, 4.69) is 17.2 Å². The van der Waals surface area contributed by atoms with Gasteiger partial charge in [0.25, 0.3) is 0 Å². The highest BCUT2D eigenvalue weighted by atomic mass is 16.3. The molecule has 0 aliphatic carbocycles. The maximum absolute atomic E-state index is 9.89. The van der Waals surface area contributed by atoms with Gasteiger partial charge >= 0.3 is 0 Å². The zero-order valence-electron chi connectivity index (χ0n) is 8.30. The van der Waals surface area contributed by atoms with Gasteiger partial charge < -0.3 is 10.1 Å². The van der Waals surface area contributed by atoms with E-state index in [-0.39, 0.29) is 0 Å². The van der Waals surface area contributed by atoms with Crippen molar-refractivity contribution in [2.75, 3.05) is 18.1 Å². The molecule has 2 aromatic rings. The second-order valence-electron chi connectivity index (χ2n) is 3.72. The summed E-state index contributed by atoms with van der Waals surface area (Å²) in [5, 5.41) is 13.1. The van der Waals surface area contributed by atoms with E-state index < -0.39 is 0 Å². The van der Waals surface area contributed by atoms with Crippen LogP contribution in [0.5, 0.6) is 5.88 Å². The summed E-state index contributed by atoms with van der Waals surface area (Å²) in [6, 6.07) is 9.80. The van der Waals surface area contributed by atoms with Crippen LogP contribution in [0.15, 0.2) is 42.5 Å². The van der Waals surface area contributed by atoms with E-state index in [0.717, 1.165) is 24.0 Å². The predicted octanol–water partition coefficient (Wildman–Crippen LogP) is 1.85. The standard InChI is InChI=1S/C12H12N2O/c15-12-9-10-5-1-2-6-11(10)14(12)13-7-3-4-8-13/h1-6,9,15H,7-8H2. The van der Waals surface area contributed by atoms with Gasteiger partial charge in [-0.05, 0) is 6.07 Å². The molecule has 15 heavy (non-hydrogen) atoms. The first-order valence-electron chi connectivity index (χ1n) is 5.06. The van der Waals surface area contributed by atoms with Crippen molar-refractivity contribution >= 4 is 10.9 Å². The maximum Gasteiger partial charge on any atom is 0.211 e. The van der Waals surface area contributed by atoms with Crippen LogP contribution in [0.1, 0.15) is 0 Å². The fourth-order valence-corrected chi connectivity index (χ4v) is 2.05. The first kappa shape index (κ1) is 8.41. The molecule has 0 saturated carbocycles. The van der Waals surface area contributed by atoms with Crippen LogP contribution in [-0.2, 0) is 0 Å². The Hall–Kier alpha value is -1.90. The number of rotatable bonds is 1. The summed E-state index contributed by atoms with van der Waals surface area (Å²) in [5.74, 6) is 0.305. The molecule has 3 rings (SSSR count). The fraction of sp³-hybridized carbons (Fsp3) is 0.167. The lowest BCUT2D eigenvalue weighted by molar-refractivity contribution is 0.419. The van der Waals surface area contributed by atoms with Gasteiger partial charge in [0.05, 0.1) is 18.6 Å². The predicted molar refractivity (Wildman–Crippen MR) is 60.7 cm³/mol. The molecule has 0 saturated heterocycles. The van der Waals surface area contributed by atoms with Crippen LogP contribution < -0.4 is 5.01 Å². The van der Waals surface area contributed by atoms with Crippen molar-refractivity contribution in [2.45, 2.75) is 0 Å². The molecule has 1 N–H and O–H groups in total. The average Bonchev–Trinajstić information content (AvgIpc) is 2.82. The lowest BCUT2D eigenvalue weighted by Gasteiger charge is -2.21. The molecule has 3 nitrogen and oxygen atoms in total. The molecule has 0 spiro atoms. The maximum atomic E-state index is 9.89. The Balaban J connectivity index is 2.19. The van der Waals surface area contributed by atoms with E-state index >= 15 is 0 Å². The molecule has 2 heterocycles. The Morgan fingerprint density at radius 1 is 1.07 bits per heavy atom. The second kappa shape index (κ2) is 3.05. The molecule has 3 heteroatoms. The Kier molecular flexibility index (Phi) is 1.71. The van der Waals surface area contributed by atoms with Gasteiger partial charge in [0.1, 0.15) is 0 Å². The summed E-state index contributed by atoms with van der Waals surface area (Å²) in [6.45, 7) is 1.71. The summed E-state index contributed by atoms with van der Waals surface area (Å²) in [5.41, 5.74) is 1.05. The summed E-state index contributed by atoms with van der Waals surface area (Å²) in [4.78, 5) is 0. The zero-order valence-corrected chi connectivity index (χ0v) is 8.30. The largest absolute Gasteiger partial charge is 0.493 e. The number of benzene rings is 1. The van der Waals surface area contributed by atoms with Crippen molar-refractivity contribution in [2.24, 2.45) is 0 Å². The number of para-hydroxylation sites is 1. The molecule has 1 aliphatic rings. The minimum Gasteiger partial charge on any atom is -0.493 e. The Labute approximate surface area is 87.8 Å². The molecule has 0 radical (unpaired) electrons. The number of nitrogens with zero attached hydrogens (tertiary/aromatic N) is 2. The first-order chi connectivity index (χ1) is 7.36. The molecule has 0 bridgehead atoms. The van der Waals surface area contributed by atoms with Crippen LogP contribution in [-0.4, -0.2) is 22.9 Å². The van der Waals surface area contributed by atoms with Crippen molar-refractivity contribution in [3.05, 3.63) is 42.5 Å². The molecule has 0 fully saturated rings. The van der Waals surface area contributed by atoms with Crippen LogP contribution in [0.4, 0.5) is 0 Å². The molecule has 1 aliphatic heterocycles. The lowest BCUT2D eigenvalue weighted by Crippen LogP contribution is -2.30. The van der Waals surface area contributed by atoms with Crippen LogP contribution in [0.25, 0.3) is 10.9 Å². The lowest BCUT2D eigenvalue weighted by atomic mass is 10.2. The summed E-state index contributed by atoms with van der Waals surface area (Å²) in [6.07, 6.45) is 4.21. The van der Waals surface area contributed by atoms with Gasteiger partial charge in [-0.3, -0.25) is 0 Å². The Morgan fingerprint density at radius 3 is 2.60 bits per heavy atom. The highest BCUT2D eigenvalue weighted by Gasteiger charge is 2.14. The third kappa shape index (κ3) is 1.20. The van der Waals surface area contributed by atoms with Gasteiger partial charge in [-0.2, -0.15) is 0 Å². The van der Waals surface area contributed by atoms with E-state index in [1.165, 1.54) is 0 Å². The van der Waals surface area contributed by atoms with Crippen molar-refractivity contribution in [1.82, 2.24) is 4.68 Å². The number of hydrogen-bond donors (Lipinski definition) is 1. The van der Waals surface area contributed by atoms with Gasteiger partial charge in [0.2, 0.25) is 5.88 Å². The van der Waals surface area contributed by atoms with E-state index in [9.17, 15) is 5.11 Å². The summed E-state index contributed by atoms with van der Waals surface area (Å²) >= 11 is 0. The molecule has 1 aromatic carbocycles. The smallest absolute Gasteiger partial charge is 0.211 e. The third-order valence-corrected chi connectivity index (χ3v) is 2.75. The van der Waals surface area contributed by atoms with Gasteiger partial charge in [0.15, 0.2) is 0 Å². The number of aromatic nitrogens is 1. The van der Waals surface area contributed by atoms with Crippen LogP contribution in [0.2, 0.25) is 0 Å². The first-order valence-corrected chi connectivity index (χ1v) is 5.06. The molecular formula is C12H12N2O. The third-order valence-electron chi connectivity index (χ3n) is 2.75. The summed E-state index contributed by atoms with van der Waals surface area (Å²) < 4.78 is 1.87. The molecule has 0 amide bonds. The van der Waals surface area contributed by atoms with Crippen LogP contribution in [0, 0.1) is 0 Å². The van der Waals surface area contributed by atoms with E-state index in [0.29, 0.717) is 5.88 Å². The fourth-order valence-electron chi connectivity index (χ4n) is 2.05. The minimum atomic E-state index is 0.305. The molecule has 76 valence electrons. The monoisotopic (exact) mass is 200 g/mol. The molecular weight excluding hydrogens is 188 g/mol. The van der Waals surface area contributed by atoms with Gasteiger partial charge in [-0.15, -0.1) is 0 Å². The SMILES string of the molecule is Oc1cc2ccccc2n1N1CC=CC1. The topological polar surface area (TPSA) is 28.4 Å². The van der Waals surface area contributed by atoms with E-state index in [4.69, 9.17) is 0 Å². The van der Waals surface area contributed by atoms with Crippen molar-refractivity contribution < 1.29 is 5.11 Å². The van der Waals surface area contributed by atoms with Crippen LogP contribution >= 0.6 is 0 Å². The normalized spacial score (nSPS) is 15.3. The minimum absolute atomic E-state index is 0.305. The Morgan fingerprint density at radius 2 is 1.80 bits per heavy atom. The van der Waals surface area contributed by atoms with Crippen molar-refractivity contribution in [3.8, 4) is 5.88 Å². The van der Waals surface area contributed by atoms with Crippen molar-refractivity contribution in [3.63, 3.8) is 0 Å². The number of aromatic hydroxyl groups is 1. The number of hydrogen-bond acceptors (Lipinski definition) is 2. The van der Waals surface area contributed by atoms with Gasteiger partial charge in [-0.1, -0.05) is 30.4 Å². The van der Waals surface area contributed by atoms with Crippen LogP contribution in [0.3, 0.4) is 0 Å². The quantitative estimate of drug-likeness (QED) is 0.712. The average molecular weight is 200 g/mol. The number of fused-ring (bicyclic) bond motifs is 1.